The summed E-state index contributed by atoms with van der Waals surface area (Å²) in [7, 11) is 1.36. The maximum Gasteiger partial charge on any atom is 0.339 e. The Balaban J connectivity index is 1.63. The van der Waals surface area contributed by atoms with Crippen molar-refractivity contribution in [3.05, 3.63) is 24.0 Å². The minimum atomic E-state index is -0.383. The molecular weight excluding hydrogens is 270 g/mol. The first-order chi connectivity index (χ1) is 10.2. The summed E-state index contributed by atoms with van der Waals surface area (Å²) >= 11 is 0. The zero-order valence-electron chi connectivity index (χ0n) is 12.1. The number of carbonyl (C=O) groups excluding carboxylic acids is 2. The zero-order valence-corrected chi connectivity index (χ0v) is 12.1. The Labute approximate surface area is 123 Å². The van der Waals surface area contributed by atoms with Crippen LogP contribution in [0.4, 0.5) is 5.69 Å². The highest BCUT2D eigenvalue weighted by Crippen LogP contribution is 2.31. The molecule has 2 aliphatic rings. The fourth-order valence-corrected chi connectivity index (χ4v) is 2.60. The molecule has 1 saturated heterocycles. The molecule has 0 bridgehead atoms. The van der Waals surface area contributed by atoms with E-state index in [1.165, 1.54) is 13.3 Å². The highest BCUT2D eigenvalue weighted by atomic mass is 16.5. The van der Waals surface area contributed by atoms with Crippen LogP contribution in [0.2, 0.25) is 0 Å². The molecule has 0 spiro atoms. The number of carbonyl (C=O) groups is 2. The molecule has 0 unspecified atom stereocenters. The Morgan fingerprint density at radius 2 is 1.90 bits per heavy atom. The van der Waals surface area contributed by atoms with Crippen LogP contribution in [0, 0.1) is 5.92 Å². The average Bonchev–Trinajstić information content (AvgIpc) is 3.38. The van der Waals surface area contributed by atoms with Crippen LogP contribution in [0.3, 0.4) is 0 Å². The van der Waals surface area contributed by atoms with Crippen molar-refractivity contribution in [2.75, 3.05) is 38.2 Å². The van der Waals surface area contributed by atoms with Crippen molar-refractivity contribution in [3.63, 3.8) is 0 Å². The minimum absolute atomic E-state index is 0.279. The van der Waals surface area contributed by atoms with Gasteiger partial charge in [0.15, 0.2) is 0 Å². The number of hydrogen-bond donors (Lipinski definition) is 0. The third-order valence-electron chi connectivity index (χ3n) is 4.03. The van der Waals surface area contributed by atoms with Gasteiger partial charge in [-0.3, -0.25) is 9.78 Å². The molecule has 1 aliphatic heterocycles. The Morgan fingerprint density at radius 1 is 1.19 bits per heavy atom. The van der Waals surface area contributed by atoms with E-state index >= 15 is 0 Å². The largest absolute Gasteiger partial charge is 0.465 e. The SMILES string of the molecule is COC(=O)c1cncc(N2CCN(C(=O)C3CC3)CC2)c1. The summed E-state index contributed by atoms with van der Waals surface area (Å²) in [6.07, 6.45) is 5.33. The number of nitrogens with zero attached hydrogens (tertiary/aromatic N) is 3. The van der Waals surface area contributed by atoms with E-state index in [0.717, 1.165) is 44.7 Å². The van der Waals surface area contributed by atoms with E-state index in [2.05, 4.69) is 9.88 Å². The van der Waals surface area contributed by atoms with Gasteiger partial charge >= 0.3 is 5.97 Å². The number of piperazine rings is 1. The predicted molar refractivity (Wildman–Crippen MR) is 77.1 cm³/mol. The fourth-order valence-electron chi connectivity index (χ4n) is 2.60. The van der Waals surface area contributed by atoms with E-state index in [4.69, 9.17) is 4.74 Å². The molecule has 1 aliphatic carbocycles. The molecule has 0 aromatic carbocycles. The smallest absolute Gasteiger partial charge is 0.339 e. The lowest BCUT2D eigenvalue weighted by molar-refractivity contribution is -0.132. The van der Waals surface area contributed by atoms with Gasteiger partial charge in [0.2, 0.25) is 5.91 Å². The van der Waals surface area contributed by atoms with Crippen molar-refractivity contribution in [1.82, 2.24) is 9.88 Å². The number of methoxy groups -OCH3 is 1. The normalized spacial score (nSPS) is 18.5. The third kappa shape index (κ3) is 2.99. The third-order valence-corrected chi connectivity index (χ3v) is 4.03. The van der Waals surface area contributed by atoms with Gasteiger partial charge < -0.3 is 14.5 Å². The van der Waals surface area contributed by atoms with Crippen molar-refractivity contribution < 1.29 is 14.3 Å². The molecule has 0 N–H and O–H groups in total. The molecule has 2 heterocycles. The molecule has 1 saturated carbocycles. The molecule has 0 radical (unpaired) electrons. The van der Waals surface area contributed by atoms with E-state index in [1.54, 1.807) is 12.3 Å². The molecular formula is C15H19N3O3. The molecule has 6 heteroatoms. The number of pyridine rings is 1. The van der Waals surface area contributed by atoms with Crippen molar-refractivity contribution in [2.24, 2.45) is 5.92 Å². The number of ether oxygens (including phenoxy) is 1. The molecule has 21 heavy (non-hydrogen) atoms. The lowest BCUT2D eigenvalue weighted by Crippen LogP contribution is -2.49. The van der Waals surface area contributed by atoms with Gasteiger partial charge in [-0.1, -0.05) is 0 Å². The van der Waals surface area contributed by atoms with Crippen LogP contribution in [-0.2, 0) is 9.53 Å². The lowest BCUT2D eigenvalue weighted by atomic mass is 10.2. The quantitative estimate of drug-likeness (QED) is 0.775. The highest BCUT2D eigenvalue weighted by Gasteiger charge is 2.34. The maximum atomic E-state index is 12.0. The van der Waals surface area contributed by atoms with Crippen LogP contribution in [-0.4, -0.2) is 55.0 Å². The molecule has 0 atom stereocenters. The van der Waals surface area contributed by atoms with Gasteiger partial charge in [0.1, 0.15) is 0 Å². The Bertz CT molecular complexity index is 549. The van der Waals surface area contributed by atoms with Gasteiger partial charge in [0, 0.05) is 38.3 Å². The summed E-state index contributed by atoms with van der Waals surface area (Å²) in [5.41, 5.74) is 1.35. The van der Waals surface area contributed by atoms with Crippen molar-refractivity contribution >= 4 is 17.6 Å². The summed E-state index contributed by atoms with van der Waals surface area (Å²) in [6.45, 7) is 3.01. The lowest BCUT2D eigenvalue weighted by Gasteiger charge is -2.36. The standard InChI is InChI=1S/C15H19N3O3/c1-21-15(20)12-8-13(10-16-9-12)17-4-6-18(7-5-17)14(19)11-2-3-11/h8-11H,2-7H2,1H3. The first-order valence-corrected chi connectivity index (χ1v) is 7.26. The molecule has 1 aromatic heterocycles. The van der Waals surface area contributed by atoms with Crippen molar-refractivity contribution in [1.29, 1.82) is 0 Å². The number of rotatable bonds is 3. The summed E-state index contributed by atoms with van der Waals surface area (Å²) in [5, 5.41) is 0. The number of esters is 1. The average molecular weight is 289 g/mol. The molecule has 2 fully saturated rings. The fraction of sp³-hybridized carbons (Fsp3) is 0.533. The van der Waals surface area contributed by atoms with E-state index in [0.29, 0.717) is 11.5 Å². The van der Waals surface area contributed by atoms with Gasteiger partial charge in [-0.2, -0.15) is 0 Å². The van der Waals surface area contributed by atoms with Gasteiger partial charge in [-0.15, -0.1) is 0 Å². The molecule has 6 nitrogen and oxygen atoms in total. The summed E-state index contributed by atoms with van der Waals surface area (Å²) in [4.78, 5) is 31.8. The molecule has 3 rings (SSSR count). The van der Waals surface area contributed by atoms with Crippen molar-refractivity contribution in [2.45, 2.75) is 12.8 Å². The monoisotopic (exact) mass is 289 g/mol. The number of hydrogen-bond acceptors (Lipinski definition) is 5. The van der Waals surface area contributed by atoms with Crippen LogP contribution >= 0.6 is 0 Å². The number of anilines is 1. The maximum absolute atomic E-state index is 12.0. The Kier molecular flexibility index (Phi) is 3.77. The van der Waals surface area contributed by atoms with E-state index in [1.807, 2.05) is 4.90 Å². The predicted octanol–water partition coefficient (Wildman–Crippen LogP) is 0.927. The summed E-state index contributed by atoms with van der Waals surface area (Å²) < 4.78 is 4.71. The van der Waals surface area contributed by atoms with Crippen LogP contribution in [0.15, 0.2) is 18.5 Å². The van der Waals surface area contributed by atoms with Crippen molar-refractivity contribution in [3.8, 4) is 0 Å². The van der Waals surface area contributed by atoms with Crippen LogP contribution in [0.1, 0.15) is 23.2 Å². The number of aromatic nitrogens is 1. The van der Waals surface area contributed by atoms with Crippen LogP contribution in [0.25, 0.3) is 0 Å². The Morgan fingerprint density at radius 3 is 2.52 bits per heavy atom. The highest BCUT2D eigenvalue weighted by molar-refractivity contribution is 5.90. The Hall–Kier alpha value is -2.11. The van der Waals surface area contributed by atoms with Crippen LogP contribution < -0.4 is 4.90 Å². The van der Waals surface area contributed by atoms with Gasteiger partial charge in [0.05, 0.1) is 24.6 Å². The molecule has 1 amide bonds. The second kappa shape index (κ2) is 5.71. The van der Waals surface area contributed by atoms with Gasteiger partial charge in [0.25, 0.3) is 0 Å². The second-order valence-corrected chi connectivity index (χ2v) is 5.51. The molecule has 1 aromatic rings. The number of amides is 1. The van der Waals surface area contributed by atoms with E-state index in [9.17, 15) is 9.59 Å². The zero-order chi connectivity index (χ0) is 14.8. The minimum Gasteiger partial charge on any atom is -0.465 e. The second-order valence-electron chi connectivity index (χ2n) is 5.51. The first-order valence-electron chi connectivity index (χ1n) is 7.26. The van der Waals surface area contributed by atoms with Gasteiger partial charge in [-0.25, -0.2) is 4.79 Å². The molecule has 112 valence electrons. The summed E-state index contributed by atoms with van der Waals surface area (Å²) in [5.74, 6) is 0.198. The summed E-state index contributed by atoms with van der Waals surface area (Å²) in [6, 6.07) is 1.79. The van der Waals surface area contributed by atoms with E-state index < -0.39 is 0 Å². The van der Waals surface area contributed by atoms with E-state index in [-0.39, 0.29) is 11.9 Å². The van der Waals surface area contributed by atoms with Gasteiger partial charge in [-0.05, 0) is 18.9 Å². The topological polar surface area (TPSA) is 62.7 Å². The van der Waals surface area contributed by atoms with Crippen LogP contribution in [0.5, 0.6) is 0 Å². The first kappa shape index (κ1) is 13.9.